The smallest absolute Gasteiger partial charge is 0.162 e. The molecule has 0 fully saturated rings. The van der Waals surface area contributed by atoms with Crippen molar-refractivity contribution in [2.75, 3.05) is 19.8 Å². The minimum absolute atomic E-state index is 0.0579. The molecule has 1 aliphatic rings. The topological polar surface area (TPSA) is 47.6 Å². The molecule has 1 N–H and O–H groups in total. The van der Waals surface area contributed by atoms with Crippen molar-refractivity contribution in [2.24, 2.45) is 0 Å². The standard InChI is InChI=1S/C15H23NO3S/c1-4-13(16-5-2)11(3)20(17)12-6-7-14-15(10-12)19-9-8-18-14/h6-7,10-11,13,16H,4-5,8-9H2,1-3H3. The van der Waals surface area contributed by atoms with E-state index >= 15 is 0 Å². The van der Waals surface area contributed by atoms with Gasteiger partial charge in [-0.05, 0) is 32.0 Å². The van der Waals surface area contributed by atoms with Crippen LogP contribution in [0.3, 0.4) is 0 Å². The largest absolute Gasteiger partial charge is 0.486 e. The molecule has 20 heavy (non-hydrogen) atoms. The second kappa shape index (κ2) is 7.09. The van der Waals surface area contributed by atoms with Crippen molar-refractivity contribution in [1.29, 1.82) is 0 Å². The fraction of sp³-hybridized carbons (Fsp3) is 0.600. The molecule has 2 rings (SSSR count). The van der Waals surface area contributed by atoms with Gasteiger partial charge >= 0.3 is 0 Å². The van der Waals surface area contributed by atoms with Crippen LogP contribution in [0.4, 0.5) is 0 Å². The van der Waals surface area contributed by atoms with Crippen molar-refractivity contribution >= 4 is 10.8 Å². The Bertz CT molecular complexity index is 478. The first-order chi connectivity index (χ1) is 9.67. The fourth-order valence-corrected chi connectivity index (χ4v) is 3.86. The van der Waals surface area contributed by atoms with Gasteiger partial charge in [-0.3, -0.25) is 4.21 Å². The SMILES string of the molecule is CCNC(CC)C(C)S(=O)c1ccc2c(c1)OCCO2. The zero-order chi connectivity index (χ0) is 14.5. The maximum absolute atomic E-state index is 12.7. The third kappa shape index (κ3) is 3.33. The van der Waals surface area contributed by atoms with Gasteiger partial charge in [-0.2, -0.15) is 0 Å². The monoisotopic (exact) mass is 297 g/mol. The van der Waals surface area contributed by atoms with Crippen LogP contribution in [0.15, 0.2) is 23.1 Å². The predicted molar refractivity (Wildman–Crippen MR) is 81.1 cm³/mol. The van der Waals surface area contributed by atoms with Crippen molar-refractivity contribution in [3.63, 3.8) is 0 Å². The Kier molecular flexibility index (Phi) is 5.43. The van der Waals surface area contributed by atoms with Gasteiger partial charge in [0.05, 0.1) is 16.0 Å². The van der Waals surface area contributed by atoms with E-state index in [4.69, 9.17) is 9.47 Å². The van der Waals surface area contributed by atoms with E-state index in [0.29, 0.717) is 19.0 Å². The zero-order valence-corrected chi connectivity index (χ0v) is 13.2. The average molecular weight is 297 g/mol. The Morgan fingerprint density at radius 3 is 2.60 bits per heavy atom. The molecule has 1 aliphatic heterocycles. The van der Waals surface area contributed by atoms with Crippen LogP contribution in [-0.4, -0.2) is 35.3 Å². The van der Waals surface area contributed by atoms with Crippen LogP contribution >= 0.6 is 0 Å². The highest BCUT2D eigenvalue weighted by Crippen LogP contribution is 2.32. The lowest BCUT2D eigenvalue weighted by Crippen LogP contribution is -2.40. The lowest BCUT2D eigenvalue weighted by molar-refractivity contribution is 0.171. The first kappa shape index (κ1) is 15.3. The molecule has 0 aliphatic carbocycles. The lowest BCUT2D eigenvalue weighted by Gasteiger charge is -2.24. The molecule has 1 aromatic rings. The van der Waals surface area contributed by atoms with Gasteiger partial charge in [-0.25, -0.2) is 0 Å². The van der Waals surface area contributed by atoms with Gasteiger partial charge < -0.3 is 14.8 Å². The summed E-state index contributed by atoms with van der Waals surface area (Å²) in [6, 6.07) is 5.83. The molecule has 0 bridgehead atoms. The normalized spacial score (nSPS) is 18.4. The Hall–Kier alpha value is -1.07. The summed E-state index contributed by atoms with van der Waals surface area (Å²) in [5, 5.41) is 3.45. The minimum atomic E-state index is -1.06. The van der Waals surface area contributed by atoms with Gasteiger partial charge in [-0.15, -0.1) is 0 Å². The van der Waals surface area contributed by atoms with E-state index in [2.05, 4.69) is 19.2 Å². The molecule has 5 heteroatoms. The summed E-state index contributed by atoms with van der Waals surface area (Å²) in [4.78, 5) is 0.804. The van der Waals surface area contributed by atoms with E-state index in [-0.39, 0.29) is 11.3 Å². The summed E-state index contributed by atoms with van der Waals surface area (Å²) in [5.41, 5.74) is 0. The summed E-state index contributed by atoms with van der Waals surface area (Å²) in [6.07, 6.45) is 0.964. The Balaban J connectivity index is 2.16. The number of hydrogen-bond donors (Lipinski definition) is 1. The van der Waals surface area contributed by atoms with Crippen LogP contribution < -0.4 is 14.8 Å². The molecule has 4 nitrogen and oxygen atoms in total. The summed E-state index contributed by atoms with van der Waals surface area (Å²) in [5.74, 6) is 1.44. The quantitative estimate of drug-likeness (QED) is 0.875. The highest BCUT2D eigenvalue weighted by molar-refractivity contribution is 7.85. The molecular formula is C15H23NO3S. The fourth-order valence-electron chi connectivity index (χ4n) is 2.42. The lowest BCUT2D eigenvalue weighted by atomic mass is 10.2. The molecule has 1 aromatic carbocycles. The summed E-state index contributed by atoms with van der Waals surface area (Å²) < 4.78 is 23.7. The number of ether oxygens (including phenoxy) is 2. The van der Waals surface area contributed by atoms with Crippen LogP contribution in [-0.2, 0) is 10.8 Å². The van der Waals surface area contributed by atoms with Crippen LogP contribution in [0.5, 0.6) is 11.5 Å². The van der Waals surface area contributed by atoms with Crippen LogP contribution in [0.1, 0.15) is 27.2 Å². The highest BCUT2D eigenvalue weighted by atomic mass is 32.2. The molecule has 1 heterocycles. The summed E-state index contributed by atoms with van der Waals surface area (Å²) in [7, 11) is -1.06. The molecule has 0 amide bonds. The molecule has 0 spiro atoms. The molecule has 0 radical (unpaired) electrons. The first-order valence-electron chi connectivity index (χ1n) is 7.21. The number of hydrogen-bond acceptors (Lipinski definition) is 4. The van der Waals surface area contributed by atoms with E-state index in [0.717, 1.165) is 23.6 Å². The van der Waals surface area contributed by atoms with Crippen molar-refractivity contribution in [2.45, 2.75) is 43.4 Å². The Labute approximate surface area is 123 Å². The zero-order valence-electron chi connectivity index (χ0n) is 12.3. The van der Waals surface area contributed by atoms with Gasteiger partial charge in [0, 0.05) is 17.0 Å². The van der Waals surface area contributed by atoms with E-state index in [1.54, 1.807) is 0 Å². The van der Waals surface area contributed by atoms with Crippen molar-refractivity contribution in [3.8, 4) is 11.5 Å². The molecule has 3 unspecified atom stereocenters. The van der Waals surface area contributed by atoms with Gasteiger partial charge in [0.2, 0.25) is 0 Å². The number of benzene rings is 1. The maximum atomic E-state index is 12.7. The number of rotatable bonds is 6. The average Bonchev–Trinajstić information content (AvgIpc) is 2.50. The van der Waals surface area contributed by atoms with E-state index in [1.165, 1.54) is 0 Å². The van der Waals surface area contributed by atoms with Crippen LogP contribution in [0, 0.1) is 0 Å². The van der Waals surface area contributed by atoms with Gasteiger partial charge in [0.15, 0.2) is 11.5 Å². The van der Waals surface area contributed by atoms with E-state index < -0.39 is 10.8 Å². The summed E-state index contributed by atoms with van der Waals surface area (Å²) in [6.45, 7) is 8.23. The molecule has 3 atom stereocenters. The molecule has 0 saturated heterocycles. The predicted octanol–water partition coefficient (Wildman–Crippen LogP) is 2.34. The Morgan fingerprint density at radius 2 is 1.95 bits per heavy atom. The van der Waals surface area contributed by atoms with Gasteiger partial charge in [-0.1, -0.05) is 13.8 Å². The molecule has 112 valence electrons. The van der Waals surface area contributed by atoms with Gasteiger partial charge in [0.1, 0.15) is 13.2 Å². The first-order valence-corrected chi connectivity index (χ1v) is 8.42. The van der Waals surface area contributed by atoms with Crippen molar-refractivity contribution in [1.82, 2.24) is 5.32 Å². The Morgan fingerprint density at radius 1 is 1.25 bits per heavy atom. The van der Waals surface area contributed by atoms with Crippen LogP contribution in [0.2, 0.25) is 0 Å². The highest BCUT2D eigenvalue weighted by Gasteiger charge is 2.23. The third-order valence-corrected chi connectivity index (χ3v) is 5.28. The van der Waals surface area contributed by atoms with E-state index in [9.17, 15) is 4.21 Å². The number of nitrogens with one attached hydrogen (secondary N) is 1. The molecular weight excluding hydrogens is 274 g/mol. The summed E-state index contributed by atoms with van der Waals surface area (Å²) >= 11 is 0. The second-order valence-corrected chi connectivity index (χ2v) is 6.69. The van der Waals surface area contributed by atoms with Crippen molar-refractivity contribution < 1.29 is 13.7 Å². The van der Waals surface area contributed by atoms with Gasteiger partial charge in [0.25, 0.3) is 0 Å². The van der Waals surface area contributed by atoms with E-state index in [1.807, 2.05) is 25.1 Å². The molecule has 0 aromatic heterocycles. The van der Waals surface area contributed by atoms with Crippen molar-refractivity contribution in [3.05, 3.63) is 18.2 Å². The second-order valence-electron chi connectivity index (χ2n) is 4.88. The van der Waals surface area contributed by atoms with Crippen LogP contribution in [0.25, 0.3) is 0 Å². The maximum Gasteiger partial charge on any atom is 0.162 e. The molecule has 0 saturated carbocycles. The minimum Gasteiger partial charge on any atom is -0.486 e. The number of fused-ring (bicyclic) bond motifs is 1. The third-order valence-electron chi connectivity index (χ3n) is 3.56.